The van der Waals surface area contributed by atoms with Crippen LogP contribution in [0.3, 0.4) is 0 Å². The van der Waals surface area contributed by atoms with Gasteiger partial charge in [-0.15, -0.1) is 4.91 Å². The molecular weight excluding hydrogens is 362 g/mol. The van der Waals surface area contributed by atoms with Crippen molar-refractivity contribution in [1.29, 1.82) is 0 Å². The summed E-state index contributed by atoms with van der Waals surface area (Å²) in [5.74, 6) is -1.47. The molecule has 11 nitrogen and oxygen atoms in total. The second kappa shape index (κ2) is 9.15. The molecule has 0 spiro atoms. The molecule has 0 amide bonds. The van der Waals surface area contributed by atoms with Crippen molar-refractivity contribution in [2.75, 3.05) is 13.6 Å². The second-order valence-corrected chi connectivity index (χ2v) is 6.46. The Morgan fingerprint density at radius 1 is 1.33 bits per heavy atom. The number of nitroso groups, excluding NO2 is 1. The fourth-order valence-electron chi connectivity index (χ4n) is 2.90. The molecule has 0 unspecified atom stereocenters. The lowest BCUT2D eigenvalue weighted by Crippen LogP contribution is -2.63. The Hall–Kier alpha value is -2.18. The summed E-state index contributed by atoms with van der Waals surface area (Å²) in [6.07, 6.45) is -5.10. The molecule has 6 atom stereocenters. The fourth-order valence-corrected chi connectivity index (χ4v) is 2.90. The molecule has 27 heavy (non-hydrogen) atoms. The van der Waals surface area contributed by atoms with Crippen molar-refractivity contribution in [3.63, 3.8) is 0 Å². The fraction of sp³-hybridized carbons (Fsp3) is 0.625. The summed E-state index contributed by atoms with van der Waals surface area (Å²) in [5, 5.41) is 53.2. The highest BCUT2D eigenvalue weighted by Gasteiger charge is 2.51. The van der Waals surface area contributed by atoms with Gasteiger partial charge in [0.25, 0.3) is 6.23 Å². The standard InChI is InChI=1S/C16H23N3O8/c1-18(17-26)6-3-5-10(20)9-4-2-7-19(8-9)15-13(23)11(21)12(22)14(27-15)16(24)25/h2,4,7-8,10-15,20-23H,3,5-6H2,1H3/p+1/t10-,11-,12-,13+,14-,15+/m0/s1. The lowest BCUT2D eigenvalue weighted by atomic mass is 9.97. The van der Waals surface area contributed by atoms with Crippen molar-refractivity contribution < 1.29 is 39.6 Å². The maximum Gasteiger partial charge on any atom is 0.335 e. The zero-order chi connectivity index (χ0) is 20.1. The lowest BCUT2D eigenvalue weighted by molar-refractivity contribution is -0.777. The van der Waals surface area contributed by atoms with Gasteiger partial charge in [-0.05, 0) is 18.9 Å². The molecule has 0 aromatic carbocycles. The highest BCUT2D eigenvalue weighted by atomic mass is 16.6. The zero-order valence-electron chi connectivity index (χ0n) is 14.7. The van der Waals surface area contributed by atoms with Gasteiger partial charge < -0.3 is 30.3 Å². The topological polar surface area (TPSA) is 164 Å². The van der Waals surface area contributed by atoms with Crippen molar-refractivity contribution in [3.8, 4) is 0 Å². The molecule has 0 bridgehead atoms. The van der Waals surface area contributed by atoms with Crippen LogP contribution in [-0.2, 0) is 9.53 Å². The number of nitrogens with zero attached hydrogens (tertiary/aromatic N) is 3. The van der Waals surface area contributed by atoms with E-state index in [0.29, 0.717) is 24.9 Å². The van der Waals surface area contributed by atoms with Crippen LogP contribution in [0.1, 0.15) is 30.7 Å². The summed E-state index contributed by atoms with van der Waals surface area (Å²) >= 11 is 0. The summed E-state index contributed by atoms with van der Waals surface area (Å²) < 4.78 is 6.59. The van der Waals surface area contributed by atoms with E-state index in [2.05, 4.69) is 5.29 Å². The Kier molecular flexibility index (Phi) is 7.16. The monoisotopic (exact) mass is 386 g/mol. The number of ether oxygens (including phenoxy) is 1. The van der Waals surface area contributed by atoms with Gasteiger partial charge in [-0.2, -0.15) is 4.57 Å². The van der Waals surface area contributed by atoms with E-state index in [1.165, 1.54) is 29.0 Å². The van der Waals surface area contributed by atoms with Gasteiger partial charge in [0.15, 0.2) is 24.6 Å². The Morgan fingerprint density at radius 2 is 2.04 bits per heavy atom. The van der Waals surface area contributed by atoms with E-state index in [9.17, 15) is 30.1 Å². The Balaban J connectivity index is 2.13. The van der Waals surface area contributed by atoms with Crippen LogP contribution in [-0.4, -0.2) is 74.5 Å². The van der Waals surface area contributed by atoms with Gasteiger partial charge in [0, 0.05) is 25.2 Å². The van der Waals surface area contributed by atoms with Crippen molar-refractivity contribution in [3.05, 3.63) is 35.0 Å². The Morgan fingerprint density at radius 3 is 2.67 bits per heavy atom. The van der Waals surface area contributed by atoms with E-state index < -0.39 is 42.7 Å². The number of aromatic nitrogens is 1. The average molecular weight is 386 g/mol. The van der Waals surface area contributed by atoms with E-state index >= 15 is 0 Å². The molecule has 1 aromatic rings. The van der Waals surface area contributed by atoms with E-state index in [1.54, 1.807) is 12.1 Å². The summed E-state index contributed by atoms with van der Waals surface area (Å²) in [6, 6.07) is 3.21. The highest BCUT2D eigenvalue weighted by Crippen LogP contribution is 2.26. The van der Waals surface area contributed by atoms with Crippen LogP contribution in [0.15, 0.2) is 29.8 Å². The maximum atomic E-state index is 11.2. The first-order chi connectivity index (χ1) is 12.8. The first-order valence-electron chi connectivity index (χ1n) is 8.42. The van der Waals surface area contributed by atoms with Gasteiger partial charge in [0.2, 0.25) is 0 Å². The Labute approximate surface area is 155 Å². The third kappa shape index (κ3) is 4.96. The number of carbonyl (C=O) groups is 1. The molecular formula is C16H24N3O8+. The van der Waals surface area contributed by atoms with Crippen molar-refractivity contribution in [1.82, 2.24) is 5.01 Å². The number of carboxylic acids is 1. The molecule has 1 saturated heterocycles. The molecule has 0 saturated carbocycles. The molecule has 1 aromatic heterocycles. The quantitative estimate of drug-likeness (QED) is 0.202. The van der Waals surface area contributed by atoms with Crippen LogP contribution < -0.4 is 4.57 Å². The van der Waals surface area contributed by atoms with Crippen molar-refractivity contribution in [2.45, 2.75) is 49.6 Å². The van der Waals surface area contributed by atoms with Crippen LogP contribution in [0.25, 0.3) is 0 Å². The van der Waals surface area contributed by atoms with E-state index in [0.717, 1.165) is 0 Å². The molecule has 5 N–H and O–H groups in total. The molecule has 11 heteroatoms. The molecule has 1 aliphatic heterocycles. The molecule has 1 fully saturated rings. The number of pyridine rings is 1. The molecule has 2 heterocycles. The third-order valence-corrected chi connectivity index (χ3v) is 4.45. The largest absolute Gasteiger partial charge is 0.479 e. The van der Waals surface area contributed by atoms with Gasteiger partial charge in [-0.3, -0.25) is 5.01 Å². The van der Waals surface area contributed by atoms with Crippen LogP contribution >= 0.6 is 0 Å². The molecule has 150 valence electrons. The number of hydrogen-bond acceptors (Lipinski definition) is 8. The predicted octanol–water partition coefficient (Wildman–Crippen LogP) is -1.53. The maximum absolute atomic E-state index is 11.2. The van der Waals surface area contributed by atoms with Gasteiger partial charge in [-0.25, -0.2) is 4.79 Å². The van der Waals surface area contributed by atoms with Crippen LogP contribution in [0.4, 0.5) is 0 Å². The minimum absolute atomic E-state index is 0.344. The number of aliphatic hydroxyl groups excluding tert-OH is 4. The van der Waals surface area contributed by atoms with Crippen LogP contribution in [0.5, 0.6) is 0 Å². The lowest BCUT2D eigenvalue weighted by Gasteiger charge is -2.35. The number of hydrogen-bond donors (Lipinski definition) is 5. The second-order valence-electron chi connectivity index (χ2n) is 6.46. The van der Waals surface area contributed by atoms with E-state index in [1.807, 2.05) is 0 Å². The first-order valence-corrected chi connectivity index (χ1v) is 8.42. The van der Waals surface area contributed by atoms with E-state index in [4.69, 9.17) is 9.84 Å². The molecule has 2 rings (SSSR count). The van der Waals surface area contributed by atoms with Crippen LogP contribution in [0.2, 0.25) is 0 Å². The third-order valence-electron chi connectivity index (χ3n) is 4.45. The number of rotatable bonds is 8. The van der Waals surface area contributed by atoms with Gasteiger partial charge in [0.05, 0.1) is 11.4 Å². The summed E-state index contributed by atoms with van der Waals surface area (Å²) in [6.45, 7) is 0.377. The predicted molar refractivity (Wildman–Crippen MR) is 88.8 cm³/mol. The van der Waals surface area contributed by atoms with Crippen LogP contribution in [0, 0.1) is 4.91 Å². The number of aliphatic carboxylic acids is 1. The molecule has 1 aliphatic rings. The normalized spacial score (nSPS) is 29.1. The highest BCUT2D eigenvalue weighted by molar-refractivity contribution is 5.73. The minimum atomic E-state index is -1.77. The van der Waals surface area contributed by atoms with Crippen molar-refractivity contribution in [2.24, 2.45) is 5.29 Å². The zero-order valence-corrected chi connectivity index (χ0v) is 14.7. The molecule has 0 aliphatic carbocycles. The SMILES string of the molecule is CN(CCC[C@H](O)c1ccc[n+]([C@@H]2O[C@H](C(=O)O)[C@@H](O)[C@H](O)[C@H]2O)c1)N=O. The summed E-state index contributed by atoms with van der Waals surface area (Å²) in [7, 11) is 1.52. The van der Waals surface area contributed by atoms with Gasteiger partial charge >= 0.3 is 5.97 Å². The van der Waals surface area contributed by atoms with E-state index in [-0.39, 0.29) is 0 Å². The number of carboxylic acid groups (broad SMARTS) is 1. The number of aliphatic hydroxyl groups is 4. The summed E-state index contributed by atoms with van der Waals surface area (Å²) in [4.78, 5) is 21.5. The van der Waals surface area contributed by atoms with Gasteiger partial charge in [-0.1, -0.05) is 0 Å². The smallest absolute Gasteiger partial charge is 0.335 e. The Bertz CT molecular complexity index is 660. The van der Waals surface area contributed by atoms with Crippen molar-refractivity contribution >= 4 is 5.97 Å². The summed E-state index contributed by atoms with van der Waals surface area (Å²) in [5.41, 5.74) is 0.475. The first kappa shape index (κ1) is 21.1. The van der Waals surface area contributed by atoms with Gasteiger partial charge in [0.1, 0.15) is 12.2 Å². The average Bonchev–Trinajstić information content (AvgIpc) is 2.65. The molecule has 0 radical (unpaired) electrons. The minimum Gasteiger partial charge on any atom is -0.479 e.